The summed E-state index contributed by atoms with van der Waals surface area (Å²) in [6.45, 7) is 4.75. The number of carbonyl (C=O) groups excluding carboxylic acids is 2. The molecule has 2 aromatic carbocycles. The largest absolute Gasteiger partial charge is 2.00 e. The van der Waals surface area contributed by atoms with Crippen LogP contribution >= 0.6 is 0 Å². The summed E-state index contributed by atoms with van der Waals surface area (Å²) < 4.78 is 0. The predicted molar refractivity (Wildman–Crippen MR) is 91.9 cm³/mol. The molecule has 0 bridgehead atoms. The Kier molecular flexibility index (Phi) is 4.42. The molecule has 0 fully saturated rings. The first-order valence-corrected chi connectivity index (χ1v) is 7.66. The SMILES string of the molecule is CN1C(=O)c2c(c3c4cc([O-])ccc4[nH]c3c3ncccc23)C1=O.[C-]#N.[Ru+2]. The summed E-state index contributed by atoms with van der Waals surface area (Å²) in [5, 5.41) is 19.9. The van der Waals surface area contributed by atoms with Gasteiger partial charge in [-0.1, -0.05) is 18.2 Å². The molecular weight excluding hydrogens is 433 g/mol. The second-order valence-electron chi connectivity index (χ2n) is 5.90. The van der Waals surface area contributed by atoms with Crippen LogP contribution in [-0.4, -0.2) is 33.7 Å². The van der Waals surface area contributed by atoms with E-state index in [1.165, 1.54) is 19.2 Å². The first kappa shape index (κ1) is 18.5. The molecule has 132 valence electrons. The number of rotatable bonds is 0. The molecule has 27 heavy (non-hydrogen) atoms. The molecule has 3 heterocycles. The molecule has 7 nitrogen and oxygen atoms in total. The van der Waals surface area contributed by atoms with Crippen LogP contribution in [-0.2, 0) is 19.5 Å². The molecule has 0 spiro atoms. The van der Waals surface area contributed by atoms with Crippen LogP contribution in [0.5, 0.6) is 5.75 Å². The summed E-state index contributed by atoms with van der Waals surface area (Å²) in [6, 6.07) is 8.16. The van der Waals surface area contributed by atoms with Crippen LogP contribution in [0.15, 0.2) is 36.5 Å². The fourth-order valence-corrected chi connectivity index (χ4v) is 3.54. The Bertz CT molecular complexity index is 1280. The monoisotopic (exact) mass is 444 g/mol. The van der Waals surface area contributed by atoms with Gasteiger partial charge in [0.1, 0.15) is 0 Å². The van der Waals surface area contributed by atoms with Crippen molar-refractivity contribution in [1.82, 2.24) is 14.9 Å². The Morgan fingerprint density at radius 2 is 1.81 bits per heavy atom. The van der Waals surface area contributed by atoms with Crippen molar-refractivity contribution in [2.75, 3.05) is 7.05 Å². The summed E-state index contributed by atoms with van der Waals surface area (Å²) in [7, 11) is 1.46. The van der Waals surface area contributed by atoms with Gasteiger partial charge in [0.2, 0.25) is 0 Å². The van der Waals surface area contributed by atoms with E-state index in [0.29, 0.717) is 38.3 Å². The molecule has 0 radical (unpaired) electrons. The quantitative estimate of drug-likeness (QED) is 0.255. The molecule has 1 aliphatic rings. The summed E-state index contributed by atoms with van der Waals surface area (Å²) in [5.74, 6) is -0.853. The number of benzene rings is 2. The van der Waals surface area contributed by atoms with Crippen molar-refractivity contribution in [2.24, 2.45) is 0 Å². The van der Waals surface area contributed by atoms with Gasteiger partial charge in [0, 0.05) is 34.9 Å². The van der Waals surface area contributed by atoms with E-state index < -0.39 is 0 Å². The number of aromatic nitrogens is 2. The number of imide groups is 1. The number of aromatic amines is 1. The van der Waals surface area contributed by atoms with Crippen LogP contribution in [0.25, 0.3) is 32.7 Å². The summed E-state index contributed by atoms with van der Waals surface area (Å²) in [4.78, 5) is 34.0. The molecule has 5 rings (SSSR count). The van der Waals surface area contributed by atoms with E-state index >= 15 is 0 Å². The number of H-pyrrole nitrogens is 1. The van der Waals surface area contributed by atoms with Gasteiger partial charge in [0.25, 0.3) is 11.8 Å². The number of fused-ring (bicyclic) bond motifs is 8. The Balaban J connectivity index is 0.000000680. The fraction of sp³-hybridized carbons (Fsp3) is 0.0526. The number of nitrogens with zero attached hydrogens (tertiary/aromatic N) is 3. The van der Waals surface area contributed by atoms with Crippen molar-refractivity contribution in [3.63, 3.8) is 0 Å². The first-order chi connectivity index (χ1) is 12.6. The van der Waals surface area contributed by atoms with Crippen molar-refractivity contribution < 1.29 is 34.2 Å². The van der Waals surface area contributed by atoms with Crippen molar-refractivity contribution in [2.45, 2.75) is 0 Å². The van der Waals surface area contributed by atoms with E-state index in [-0.39, 0.29) is 37.0 Å². The topological polar surface area (TPSA) is 113 Å². The minimum absolute atomic E-state index is 0. The van der Waals surface area contributed by atoms with Crippen molar-refractivity contribution in [3.05, 3.63) is 54.2 Å². The molecule has 8 heteroatoms. The predicted octanol–water partition coefficient (Wildman–Crippen LogP) is 2.26. The van der Waals surface area contributed by atoms with Crippen LogP contribution in [0, 0.1) is 11.8 Å². The second kappa shape index (κ2) is 6.45. The maximum atomic E-state index is 12.7. The molecule has 1 aliphatic heterocycles. The first-order valence-electron chi connectivity index (χ1n) is 7.66. The molecule has 0 saturated heterocycles. The maximum Gasteiger partial charge on any atom is 2.00 e. The molecule has 1 N–H and O–H groups in total. The van der Waals surface area contributed by atoms with Crippen LogP contribution in [0.2, 0.25) is 0 Å². The number of hydrogen-bond acceptors (Lipinski definition) is 5. The molecule has 0 atom stereocenters. The van der Waals surface area contributed by atoms with Gasteiger partial charge < -0.3 is 21.9 Å². The average Bonchev–Trinajstić information content (AvgIpc) is 3.15. The Hall–Kier alpha value is -3.30. The smallest absolute Gasteiger partial charge is 0.872 e. The molecule has 0 saturated carbocycles. The van der Waals surface area contributed by atoms with Crippen molar-refractivity contribution in [1.29, 1.82) is 5.26 Å². The van der Waals surface area contributed by atoms with Crippen molar-refractivity contribution >= 4 is 44.5 Å². The van der Waals surface area contributed by atoms with Gasteiger partial charge in [-0.05, 0) is 12.1 Å². The zero-order chi connectivity index (χ0) is 18.6. The van der Waals surface area contributed by atoms with E-state index in [4.69, 9.17) is 11.8 Å². The van der Waals surface area contributed by atoms with Crippen LogP contribution in [0.4, 0.5) is 0 Å². The Morgan fingerprint density at radius 1 is 1.11 bits per heavy atom. The van der Waals surface area contributed by atoms with Crippen LogP contribution in [0.1, 0.15) is 20.7 Å². The minimum Gasteiger partial charge on any atom is -0.872 e. The van der Waals surface area contributed by atoms with Gasteiger partial charge >= 0.3 is 19.5 Å². The number of nitrogens with one attached hydrogen (secondary N) is 1. The van der Waals surface area contributed by atoms with Gasteiger partial charge in [-0.3, -0.25) is 19.5 Å². The fourth-order valence-electron chi connectivity index (χ4n) is 3.54. The number of amides is 2. The molecule has 2 aromatic heterocycles. The van der Waals surface area contributed by atoms with Crippen LogP contribution in [0.3, 0.4) is 0 Å². The Labute approximate surface area is 166 Å². The van der Waals surface area contributed by atoms with E-state index in [0.717, 1.165) is 10.4 Å². The van der Waals surface area contributed by atoms with Gasteiger partial charge in [-0.2, -0.15) is 0 Å². The molecule has 0 unspecified atom stereocenters. The average molecular weight is 443 g/mol. The van der Waals surface area contributed by atoms with E-state index in [1.54, 1.807) is 24.4 Å². The standard InChI is InChI=1S/C18H11N3O3.CN.Ru/c1-21-17(23)13-9-3-2-6-19-15(9)16-12(14(13)18(21)24)10-7-8(22)4-5-11(10)20-16;1-2;/h2-7,20,22H,1H3;;/q;-1;+2/p-1. The van der Waals surface area contributed by atoms with E-state index in [9.17, 15) is 14.7 Å². The molecular formula is C19H10N4O3Ru. The normalized spacial score (nSPS) is 12.8. The van der Waals surface area contributed by atoms with Gasteiger partial charge in [0.05, 0.1) is 22.2 Å². The summed E-state index contributed by atoms with van der Waals surface area (Å²) >= 11 is 0. The third-order valence-electron chi connectivity index (χ3n) is 4.62. The number of pyridine rings is 1. The maximum absolute atomic E-state index is 12.7. The third kappa shape index (κ3) is 2.32. The van der Waals surface area contributed by atoms with Gasteiger partial charge in [-0.15, -0.1) is 5.75 Å². The van der Waals surface area contributed by atoms with Crippen LogP contribution < -0.4 is 5.11 Å². The van der Waals surface area contributed by atoms with Crippen molar-refractivity contribution in [3.8, 4) is 5.75 Å². The zero-order valence-corrected chi connectivity index (χ0v) is 15.6. The third-order valence-corrected chi connectivity index (χ3v) is 4.62. The second-order valence-corrected chi connectivity index (χ2v) is 5.90. The Morgan fingerprint density at radius 3 is 2.56 bits per heavy atom. The molecule has 2 amide bonds. The zero-order valence-electron chi connectivity index (χ0n) is 13.9. The molecule has 4 aromatic rings. The number of carbonyl (C=O) groups is 2. The van der Waals surface area contributed by atoms with E-state index in [2.05, 4.69) is 9.97 Å². The van der Waals surface area contributed by atoms with Gasteiger partial charge in [-0.25, -0.2) is 0 Å². The summed E-state index contributed by atoms with van der Waals surface area (Å²) in [6.07, 6.45) is 1.64. The van der Waals surface area contributed by atoms with Gasteiger partial charge in [0.15, 0.2) is 0 Å². The van der Waals surface area contributed by atoms with E-state index in [1.807, 2.05) is 0 Å². The minimum atomic E-state index is -0.358. The summed E-state index contributed by atoms with van der Waals surface area (Å²) in [5.41, 5.74) is 2.72. The molecule has 0 aliphatic carbocycles. The number of hydrogen-bond donors (Lipinski definition) is 1.